The van der Waals surface area contributed by atoms with Crippen LogP contribution in [0, 0.1) is 0 Å². The molecule has 2 N–H and O–H groups in total. The standard InChI is InChI=1S/C13H26N2O6S/c1-5-11(4)15(9-13(17)18)12(16)8-14-22(19,20)7-6-21-10(2)3/h10-11,14H,5-9H2,1-4H3,(H,17,18). The summed E-state index contributed by atoms with van der Waals surface area (Å²) in [4.78, 5) is 24.0. The number of carbonyl (C=O) groups is 2. The van der Waals surface area contributed by atoms with Crippen molar-refractivity contribution >= 4 is 21.9 Å². The zero-order valence-electron chi connectivity index (χ0n) is 13.5. The molecule has 0 saturated carbocycles. The van der Waals surface area contributed by atoms with Crippen molar-refractivity contribution in [1.82, 2.24) is 9.62 Å². The summed E-state index contributed by atoms with van der Waals surface area (Å²) in [6.07, 6.45) is 0.502. The van der Waals surface area contributed by atoms with E-state index in [1.54, 1.807) is 20.8 Å². The van der Waals surface area contributed by atoms with Crippen LogP contribution in [0.3, 0.4) is 0 Å². The molecule has 0 heterocycles. The van der Waals surface area contributed by atoms with Gasteiger partial charge in [0.15, 0.2) is 0 Å². The fraction of sp³-hybridized carbons (Fsp3) is 0.846. The zero-order valence-corrected chi connectivity index (χ0v) is 14.4. The van der Waals surface area contributed by atoms with Crippen LogP contribution >= 0.6 is 0 Å². The Kier molecular flexibility index (Phi) is 9.22. The van der Waals surface area contributed by atoms with Gasteiger partial charge in [-0.25, -0.2) is 13.1 Å². The fourth-order valence-electron chi connectivity index (χ4n) is 1.59. The highest BCUT2D eigenvalue weighted by molar-refractivity contribution is 7.89. The molecule has 1 unspecified atom stereocenters. The maximum absolute atomic E-state index is 12.0. The predicted molar refractivity (Wildman–Crippen MR) is 82.0 cm³/mol. The van der Waals surface area contributed by atoms with Crippen molar-refractivity contribution in [3.05, 3.63) is 0 Å². The number of sulfonamides is 1. The Morgan fingerprint density at radius 2 is 1.86 bits per heavy atom. The number of hydrogen-bond donors (Lipinski definition) is 2. The first-order valence-electron chi connectivity index (χ1n) is 7.19. The van der Waals surface area contributed by atoms with E-state index in [0.29, 0.717) is 6.42 Å². The molecule has 1 amide bonds. The number of carboxylic acids is 1. The number of aliphatic carboxylic acids is 1. The minimum absolute atomic E-state index is 0.0331. The molecule has 0 saturated heterocycles. The van der Waals surface area contributed by atoms with Gasteiger partial charge in [0, 0.05) is 6.04 Å². The first kappa shape index (κ1) is 20.8. The molecule has 22 heavy (non-hydrogen) atoms. The van der Waals surface area contributed by atoms with E-state index in [-0.39, 0.29) is 24.5 Å². The summed E-state index contributed by atoms with van der Waals surface area (Å²) in [7, 11) is -3.64. The first-order chi connectivity index (χ1) is 10.1. The molecule has 0 aromatic heterocycles. The maximum atomic E-state index is 12.0. The van der Waals surface area contributed by atoms with Crippen molar-refractivity contribution in [2.24, 2.45) is 0 Å². The van der Waals surface area contributed by atoms with Crippen molar-refractivity contribution in [1.29, 1.82) is 0 Å². The SMILES string of the molecule is CCC(C)N(CC(=O)O)C(=O)CNS(=O)(=O)CCOC(C)C. The maximum Gasteiger partial charge on any atom is 0.323 e. The summed E-state index contributed by atoms with van der Waals surface area (Å²) in [6, 6.07) is -0.280. The highest BCUT2D eigenvalue weighted by Gasteiger charge is 2.23. The third kappa shape index (κ3) is 8.96. The predicted octanol–water partition coefficient (Wildman–Crippen LogP) is 0.0425. The molecule has 0 aliphatic heterocycles. The second-order valence-corrected chi connectivity index (χ2v) is 7.16. The van der Waals surface area contributed by atoms with Crippen LogP contribution in [0.2, 0.25) is 0 Å². The van der Waals surface area contributed by atoms with E-state index in [2.05, 4.69) is 4.72 Å². The number of amides is 1. The Morgan fingerprint density at radius 3 is 2.32 bits per heavy atom. The Bertz CT molecular complexity index is 463. The van der Waals surface area contributed by atoms with Crippen LogP contribution in [0.25, 0.3) is 0 Å². The Labute approximate surface area is 131 Å². The largest absolute Gasteiger partial charge is 0.480 e. The van der Waals surface area contributed by atoms with E-state index in [0.717, 1.165) is 4.90 Å². The lowest BCUT2D eigenvalue weighted by Gasteiger charge is -2.27. The van der Waals surface area contributed by atoms with Crippen LogP contribution in [0.1, 0.15) is 34.1 Å². The van der Waals surface area contributed by atoms with Gasteiger partial charge < -0.3 is 14.7 Å². The van der Waals surface area contributed by atoms with Crippen molar-refractivity contribution in [3.63, 3.8) is 0 Å². The smallest absolute Gasteiger partial charge is 0.323 e. The molecular weight excluding hydrogens is 312 g/mol. The number of nitrogens with zero attached hydrogens (tertiary/aromatic N) is 1. The molecule has 1 atom stereocenters. The van der Waals surface area contributed by atoms with Crippen molar-refractivity contribution in [2.45, 2.75) is 46.3 Å². The lowest BCUT2D eigenvalue weighted by atomic mass is 10.2. The number of ether oxygens (including phenoxy) is 1. The third-order valence-corrected chi connectivity index (χ3v) is 4.28. The number of rotatable bonds is 11. The molecule has 0 aromatic rings. The molecule has 130 valence electrons. The number of hydrogen-bond acceptors (Lipinski definition) is 5. The Balaban J connectivity index is 4.51. The monoisotopic (exact) mass is 338 g/mol. The van der Waals surface area contributed by atoms with Crippen molar-refractivity contribution in [2.75, 3.05) is 25.4 Å². The summed E-state index contributed by atoms with van der Waals surface area (Å²) in [6.45, 7) is 6.24. The van der Waals surface area contributed by atoms with Crippen molar-refractivity contribution < 1.29 is 27.9 Å². The number of nitrogens with one attached hydrogen (secondary N) is 1. The van der Waals surface area contributed by atoms with Crippen LogP contribution in [0.15, 0.2) is 0 Å². The average Bonchev–Trinajstić information content (AvgIpc) is 2.40. The average molecular weight is 338 g/mol. The molecule has 0 aliphatic carbocycles. The lowest BCUT2D eigenvalue weighted by molar-refractivity contribution is -0.145. The van der Waals surface area contributed by atoms with Gasteiger partial charge in [0.1, 0.15) is 6.54 Å². The first-order valence-corrected chi connectivity index (χ1v) is 8.84. The van der Waals surface area contributed by atoms with Gasteiger partial charge in [-0.3, -0.25) is 9.59 Å². The van der Waals surface area contributed by atoms with Gasteiger partial charge in [-0.05, 0) is 27.2 Å². The molecule has 0 radical (unpaired) electrons. The minimum Gasteiger partial charge on any atom is -0.480 e. The summed E-state index contributed by atoms with van der Waals surface area (Å²) in [5.41, 5.74) is 0. The second-order valence-electron chi connectivity index (χ2n) is 5.23. The molecule has 0 rings (SSSR count). The summed E-state index contributed by atoms with van der Waals surface area (Å²) >= 11 is 0. The molecule has 8 nitrogen and oxygen atoms in total. The topological polar surface area (TPSA) is 113 Å². The van der Waals surface area contributed by atoms with E-state index >= 15 is 0 Å². The normalized spacial score (nSPS) is 13.1. The van der Waals surface area contributed by atoms with Gasteiger partial charge in [0.2, 0.25) is 15.9 Å². The molecule has 0 spiro atoms. The zero-order chi connectivity index (χ0) is 17.3. The van der Waals surface area contributed by atoms with Gasteiger partial charge in [-0.15, -0.1) is 0 Å². The molecule has 0 aliphatic rings. The van der Waals surface area contributed by atoms with Crippen LogP contribution in [-0.4, -0.2) is 67.9 Å². The second kappa shape index (κ2) is 9.75. The van der Waals surface area contributed by atoms with Crippen LogP contribution in [0.4, 0.5) is 0 Å². The Hall–Kier alpha value is -1.19. The van der Waals surface area contributed by atoms with Gasteiger partial charge >= 0.3 is 5.97 Å². The minimum atomic E-state index is -3.64. The molecular formula is C13H26N2O6S. The number of carbonyl (C=O) groups excluding carboxylic acids is 1. The quantitative estimate of drug-likeness (QED) is 0.550. The van der Waals surface area contributed by atoms with Gasteiger partial charge in [0.25, 0.3) is 0 Å². The van der Waals surface area contributed by atoms with Crippen LogP contribution < -0.4 is 4.72 Å². The third-order valence-electron chi connectivity index (χ3n) is 3.00. The molecule has 9 heteroatoms. The summed E-state index contributed by atoms with van der Waals surface area (Å²) < 4.78 is 30.8. The summed E-state index contributed by atoms with van der Waals surface area (Å²) in [5, 5.41) is 8.82. The van der Waals surface area contributed by atoms with Crippen LogP contribution in [-0.2, 0) is 24.3 Å². The van der Waals surface area contributed by atoms with Gasteiger partial charge in [0.05, 0.1) is 25.0 Å². The van der Waals surface area contributed by atoms with Gasteiger partial charge in [-0.2, -0.15) is 0 Å². The van der Waals surface area contributed by atoms with E-state index in [4.69, 9.17) is 9.84 Å². The van der Waals surface area contributed by atoms with E-state index in [9.17, 15) is 18.0 Å². The summed E-state index contributed by atoms with van der Waals surface area (Å²) in [5.74, 6) is -1.95. The lowest BCUT2D eigenvalue weighted by Crippen LogP contribution is -2.47. The molecule has 0 fully saturated rings. The van der Waals surface area contributed by atoms with E-state index in [1.807, 2.05) is 6.92 Å². The van der Waals surface area contributed by atoms with E-state index in [1.165, 1.54) is 0 Å². The highest BCUT2D eigenvalue weighted by atomic mass is 32.2. The van der Waals surface area contributed by atoms with Crippen molar-refractivity contribution in [3.8, 4) is 0 Å². The highest BCUT2D eigenvalue weighted by Crippen LogP contribution is 2.04. The van der Waals surface area contributed by atoms with Crippen LogP contribution in [0.5, 0.6) is 0 Å². The molecule has 0 bridgehead atoms. The van der Waals surface area contributed by atoms with E-state index < -0.39 is 35.0 Å². The number of carboxylic acid groups (broad SMARTS) is 1. The fourth-order valence-corrected chi connectivity index (χ4v) is 2.40. The Morgan fingerprint density at radius 1 is 1.27 bits per heavy atom. The van der Waals surface area contributed by atoms with Gasteiger partial charge in [-0.1, -0.05) is 6.92 Å². The molecule has 0 aromatic carbocycles.